The summed E-state index contributed by atoms with van der Waals surface area (Å²) < 4.78 is 1.53. The van der Waals surface area contributed by atoms with E-state index in [1.54, 1.807) is 13.8 Å². The average molecular weight is 317 g/mol. The summed E-state index contributed by atoms with van der Waals surface area (Å²) in [7, 11) is 0. The topological polar surface area (TPSA) is 110 Å². The van der Waals surface area contributed by atoms with Crippen LogP contribution < -0.4 is 5.32 Å². The van der Waals surface area contributed by atoms with Gasteiger partial charge in [-0.2, -0.15) is 0 Å². The summed E-state index contributed by atoms with van der Waals surface area (Å²) in [6, 6.07) is 7.31. The van der Waals surface area contributed by atoms with Crippen LogP contribution in [0.2, 0.25) is 0 Å². The number of tetrazole rings is 1. The monoisotopic (exact) mass is 317 g/mol. The quantitative estimate of drug-likeness (QED) is 0.782. The fourth-order valence-electron chi connectivity index (χ4n) is 1.92. The number of hydrogen-bond donors (Lipinski definition) is 2. The first-order valence-corrected chi connectivity index (χ1v) is 7.21. The van der Waals surface area contributed by atoms with Gasteiger partial charge in [0.1, 0.15) is 6.33 Å². The molecule has 0 saturated heterocycles. The molecule has 1 aromatic heterocycles. The molecule has 0 atom stereocenters. The Kier molecular flexibility index (Phi) is 5.05. The number of aliphatic carboxylic acids is 1. The molecule has 0 bridgehead atoms. The van der Waals surface area contributed by atoms with Crippen molar-refractivity contribution in [2.45, 2.75) is 26.7 Å². The minimum atomic E-state index is -0.870. The van der Waals surface area contributed by atoms with Gasteiger partial charge in [-0.1, -0.05) is 12.1 Å². The number of amides is 1. The second-order valence-corrected chi connectivity index (χ2v) is 5.89. The number of carbonyl (C=O) groups is 2. The zero-order chi connectivity index (χ0) is 16.9. The Labute approximate surface area is 133 Å². The van der Waals surface area contributed by atoms with Crippen LogP contribution in [0.1, 0.15) is 25.8 Å². The summed E-state index contributed by atoms with van der Waals surface area (Å²) in [6.07, 6.45) is 2.11. The van der Waals surface area contributed by atoms with Crippen molar-refractivity contribution in [2.24, 2.45) is 5.41 Å². The SMILES string of the molecule is CC(C)(CCNC(=O)Cc1ccc(-n2cnnn2)cc1)C(=O)O. The van der Waals surface area contributed by atoms with Gasteiger partial charge in [-0.3, -0.25) is 9.59 Å². The molecule has 0 radical (unpaired) electrons. The Morgan fingerprint density at radius 2 is 1.96 bits per heavy atom. The number of nitrogens with zero attached hydrogens (tertiary/aromatic N) is 4. The van der Waals surface area contributed by atoms with Crippen molar-refractivity contribution in [3.8, 4) is 5.69 Å². The molecular weight excluding hydrogens is 298 g/mol. The summed E-state index contributed by atoms with van der Waals surface area (Å²) in [5, 5.41) is 22.7. The molecular formula is C15H19N5O3. The second kappa shape index (κ2) is 6.99. The van der Waals surface area contributed by atoms with Crippen molar-refractivity contribution in [1.82, 2.24) is 25.5 Å². The van der Waals surface area contributed by atoms with Gasteiger partial charge in [0.05, 0.1) is 17.5 Å². The van der Waals surface area contributed by atoms with Crippen molar-refractivity contribution >= 4 is 11.9 Å². The van der Waals surface area contributed by atoms with E-state index in [-0.39, 0.29) is 12.3 Å². The molecule has 8 nitrogen and oxygen atoms in total. The zero-order valence-electron chi connectivity index (χ0n) is 13.1. The first-order valence-electron chi connectivity index (χ1n) is 7.21. The van der Waals surface area contributed by atoms with E-state index in [0.717, 1.165) is 11.3 Å². The third kappa shape index (κ3) is 4.60. The van der Waals surface area contributed by atoms with Gasteiger partial charge in [0, 0.05) is 6.54 Å². The lowest BCUT2D eigenvalue weighted by atomic mass is 9.90. The van der Waals surface area contributed by atoms with E-state index in [9.17, 15) is 9.59 Å². The van der Waals surface area contributed by atoms with Crippen LogP contribution in [0.4, 0.5) is 0 Å². The summed E-state index contributed by atoms with van der Waals surface area (Å²) in [4.78, 5) is 22.9. The Morgan fingerprint density at radius 3 is 2.52 bits per heavy atom. The zero-order valence-corrected chi connectivity index (χ0v) is 13.1. The Balaban J connectivity index is 1.83. The summed E-state index contributed by atoms with van der Waals surface area (Å²) in [6.45, 7) is 3.61. The van der Waals surface area contributed by atoms with Crippen LogP contribution in [0.15, 0.2) is 30.6 Å². The molecule has 122 valence electrons. The number of nitrogens with one attached hydrogen (secondary N) is 1. The molecule has 0 unspecified atom stereocenters. The van der Waals surface area contributed by atoms with Crippen LogP contribution in [-0.4, -0.2) is 43.7 Å². The van der Waals surface area contributed by atoms with Crippen LogP contribution in [0.3, 0.4) is 0 Å². The van der Waals surface area contributed by atoms with Gasteiger partial charge < -0.3 is 10.4 Å². The van der Waals surface area contributed by atoms with Gasteiger partial charge in [-0.15, -0.1) is 5.10 Å². The smallest absolute Gasteiger partial charge is 0.309 e. The standard InChI is InChI=1S/C15H19N5O3/c1-15(2,14(22)23)7-8-16-13(21)9-11-3-5-12(6-4-11)20-10-17-18-19-20/h3-6,10H,7-9H2,1-2H3,(H,16,21)(H,22,23). The third-order valence-electron chi connectivity index (χ3n) is 3.57. The van der Waals surface area contributed by atoms with Crippen LogP contribution in [0.5, 0.6) is 0 Å². The molecule has 23 heavy (non-hydrogen) atoms. The minimum absolute atomic E-state index is 0.138. The molecule has 1 amide bonds. The summed E-state index contributed by atoms with van der Waals surface area (Å²) in [5.41, 5.74) is 0.819. The molecule has 0 fully saturated rings. The largest absolute Gasteiger partial charge is 0.481 e. The van der Waals surface area contributed by atoms with Crippen LogP contribution in [-0.2, 0) is 16.0 Å². The predicted octanol–water partition coefficient (Wildman–Crippen LogP) is 0.822. The van der Waals surface area contributed by atoms with E-state index in [2.05, 4.69) is 20.8 Å². The van der Waals surface area contributed by atoms with Gasteiger partial charge in [0.2, 0.25) is 5.91 Å². The van der Waals surface area contributed by atoms with Gasteiger partial charge in [0.15, 0.2) is 0 Å². The lowest BCUT2D eigenvalue weighted by Gasteiger charge is -2.18. The van der Waals surface area contributed by atoms with Crippen molar-refractivity contribution in [3.05, 3.63) is 36.2 Å². The van der Waals surface area contributed by atoms with Crippen molar-refractivity contribution in [3.63, 3.8) is 0 Å². The number of carboxylic acid groups (broad SMARTS) is 1. The van der Waals surface area contributed by atoms with Crippen LogP contribution in [0.25, 0.3) is 5.69 Å². The minimum Gasteiger partial charge on any atom is -0.481 e. The van der Waals surface area contributed by atoms with E-state index < -0.39 is 11.4 Å². The fourth-order valence-corrected chi connectivity index (χ4v) is 1.92. The number of carbonyl (C=O) groups excluding carboxylic acids is 1. The molecule has 2 aromatic rings. The van der Waals surface area contributed by atoms with Gasteiger partial charge >= 0.3 is 5.97 Å². The van der Waals surface area contributed by atoms with E-state index in [1.165, 1.54) is 11.0 Å². The number of benzene rings is 1. The maximum absolute atomic E-state index is 11.9. The maximum Gasteiger partial charge on any atom is 0.309 e. The van der Waals surface area contributed by atoms with Crippen LogP contribution in [0, 0.1) is 5.41 Å². The molecule has 1 aromatic carbocycles. The molecule has 8 heteroatoms. The van der Waals surface area contributed by atoms with Crippen molar-refractivity contribution < 1.29 is 14.7 Å². The van der Waals surface area contributed by atoms with E-state index in [0.29, 0.717) is 13.0 Å². The van der Waals surface area contributed by atoms with E-state index >= 15 is 0 Å². The number of hydrogen-bond acceptors (Lipinski definition) is 5. The van der Waals surface area contributed by atoms with Crippen LogP contribution >= 0.6 is 0 Å². The molecule has 0 aliphatic carbocycles. The molecule has 0 saturated carbocycles. The van der Waals surface area contributed by atoms with Gasteiger partial charge in [-0.05, 0) is 48.4 Å². The molecule has 0 spiro atoms. The van der Waals surface area contributed by atoms with Crippen molar-refractivity contribution in [2.75, 3.05) is 6.54 Å². The molecule has 2 rings (SSSR count). The lowest BCUT2D eigenvalue weighted by molar-refractivity contribution is -0.147. The Hall–Kier alpha value is -2.77. The normalized spacial score (nSPS) is 11.2. The molecule has 2 N–H and O–H groups in total. The molecule has 1 heterocycles. The first kappa shape index (κ1) is 16.6. The Morgan fingerprint density at radius 1 is 1.26 bits per heavy atom. The lowest BCUT2D eigenvalue weighted by Crippen LogP contribution is -2.32. The maximum atomic E-state index is 11.9. The van der Waals surface area contributed by atoms with E-state index in [4.69, 9.17) is 5.11 Å². The highest BCUT2D eigenvalue weighted by Gasteiger charge is 2.26. The highest BCUT2D eigenvalue weighted by molar-refractivity contribution is 5.78. The van der Waals surface area contributed by atoms with Crippen molar-refractivity contribution in [1.29, 1.82) is 0 Å². The Bertz CT molecular complexity index is 665. The number of rotatable bonds is 7. The van der Waals surface area contributed by atoms with Gasteiger partial charge in [-0.25, -0.2) is 4.68 Å². The highest BCUT2D eigenvalue weighted by atomic mass is 16.4. The molecule has 0 aliphatic rings. The second-order valence-electron chi connectivity index (χ2n) is 5.89. The summed E-state index contributed by atoms with van der Waals surface area (Å²) in [5.74, 6) is -1.01. The number of carboxylic acids is 1. The predicted molar refractivity (Wildman–Crippen MR) is 81.9 cm³/mol. The van der Waals surface area contributed by atoms with Gasteiger partial charge in [0.25, 0.3) is 0 Å². The first-order chi connectivity index (χ1) is 10.9. The molecule has 0 aliphatic heterocycles. The van der Waals surface area contributed by atoms with E-state index in [1.807, 2.05) is 24.3 Å². The fraction of sp³-hybridized carbons (Fsp3) is 0.400. The summed E-state index contributed by atoms with van der Waals surface area (Å²) >= 11 is 0. The average Bonchev–Trinajstić information content (AvgIpc) is 3.02. The number of aromatic nitrogens is 4. The third-order valence-corrected chi connectivity index (χ3v) is 3.57. The highest BCUT2D eigenvalue weighted by Crippen LogP contribution is 2.19.